The Balaban J connectivity index is 2.00. The number of aromatic nitrogens is 1. The van der Waals surface area contributed by atoms with Crippen LogP contribution in [0.2, 0.25) is 5.02 Å². The smallest absolute Gasteiger partial charge is 0.227 e. The van der Waals surface area contributed by atoms with Gasteiger partial charge in [-0.25, -0.2) is 4.39 Å². The van der Waals surface area contributed by atoms with Crippen molar-refractivity contribution in [1.29, 1.82) is 0 Å². The number of nitrogens with zero attached hydrogens (tertiary/aromatic N) is 1. The highest BCUT2D eigenvalue weighted by atomic mass is 35.5. The summed E-state index contributed by atoms with van der Waals surface area (Å²) in [5.41, 5.74) is 1.18. The van der Waals surface area contributed by atoms with Crippen molar-refractivity contribution in [3.63, 3.8) is 0 Å². The number of anilines is 1. The van der Waals surface area contributed by atoms with Crippen LogP contribution >= 0.6 is 11.6 Å². The zero-order chi connectivity index (χ0) is 14.1. The molecule has 3 rings (SSSR count). The monoisotopic (exact) mass is 290 g/mol. The van der Waals surface area contributed by atoms with E-state index in [9.17, 15) is 9.18 Å². The van der Waals surface area contributed by atoms with E-state index in [1.54, 1.807) is 30.5 Å². The molecule has 0 bridgehead atoms. The van der Waals surface area contributed by atoms with E-state index in [1.807, 2.05) is 0 Å². The summed E-state index contributed by atoms with van der Waals surface area (Å²) in [5, 5.41) is 2.84. The van der Waals surface area contributed by atoms with Crippen LogP contribution < -0.4 is 5.32 Å². The number of nitrogens with one attached hydrogen (secondary N) is 1. The minimum Gasteiger partial charge on any atom is -0.324 e. The predicted octanol–water partition coefficient (Wildman–Crippen LogP) is 3.89. The van der Waals surface area contributed by atoms with E-state index in [2.05, 4.69) is 10.3 Å². The molecule has 1 aromatic heterocycles. The third kappa shape index (κ3) is 2.51. The van der Waals surface area contributed by atoms with Crippen LogP contribution in [0.25, 0.3) is 11.3 Å². The predicted molar refractivity (Wildman–Crippen MR) is 76.0 cm³/mol. The van der Waals surface area contributed by atoms with Crippen molar-refractivity contribution < 1.29 is 9.18 Å². The molecule has 0 atom stereocenters. The van der Waals surface area contributed by atoms with Gasteiger partial charge in [0, 0.05) is 17.7 Å². The molecule has 102 valence electrons. The Kier molecular flexibility index (Phi) is 3.40. The summed E-state index contributed by atoms with van der Waals surface area (Å²) < 4.78 is 14.1. The fraction of sp³-hybridized carbons (Fsp3) is 0.200. The van der Waals surface area contributed by atoms with Crippen LogP contribution in [-0.4, -0.2) is 10.9 Å². The Morgan fingerprint density at radius 1 is 1.30 bits per heavy atom. The Morgan fingerprint density at radius 3 is 2.85 bits per heavy atom. The lowest BCUT2D eigenvalue weighted by Gasteiger charge is -2.11. The topological polar surface area (TPSA) is 42.0 Å². The van der Waals surface area contributed by atoms with Gasteiger partial charge in [0.1, 0.15) is 0 Å². The van der Waals surface area contributed by atoms with Gasteiger partial charge in [-0.2, -0.15) is 0 Å². The largest absolute Gasteiger partial charge is 0.324 e. The molecule has 0 radical (unpaired) electrons. The lowest BCUT2D eigenvalue weighted by atomic mass is 10.1. The Hall–Kier alpha value is -1.94. The number of pyridine rings is 1. The lowest BCUT2D eigenvalue weighted by Crippen LogP contribution is -2.14. The van der Waals surface area contributed by atoms with Gasteiger partial charge in [-0.05, 0) is 37.1 Å². The Labute approximate surface area is 120 Å². The van der Waals surface area contributed by atoms with Crippen LogP contribution in [0.5, 0.6) is 0 Å². The van der Waals surface area contributed by atoms with Crippen molar-refractivity contribution in [3.8, 4) is 11.3 Å². The zero-order valence-electron chi connectivity index (χ0n) is 10.6. The van der Waals surface area contributed by atoms with Crippen LogP contribution in [0.4, 0.5) is 10.1 Å². The highest BCUT2D eigenvalue weighted by Crippen LogP contribution is 2.34. The molecular formula is C15H12ClFN2O. The maximum atomic E-state index is 14.1. The molecule has 1 fully saturated rings. The first kappa shape index (κ1) is 13.1. The minimum absolute atomic E-state index is 0.0348. The van der Waals surface area contributed by atoms with E-state index in [0.717, 1.165) is 12.8 Å². The van der Waals surface area contributed by atoms with Gasteiger partial charge in [-0.15, -0.1) is 0 Å². The number of carbonyl (C=O) groups excluding carboxylic acids is 1. The fourth-order valence-electron chi connectivity index (χ4n) is 1.99. The molecule has 1 aliphatic carbocycles. The van der Waals surface area contributed by atoms with Gasteiger partial charge in [-0.3, -0.25) is 9.78 Å². The van der Waals surface area contributed by atoms with Crippen LogP contribution in [0.3, 0.4) is 0 Å². The van der Waals surface area contributed by atoms with Crippen molar-refractivity contribution in [2.75, 3.05) is 5.32 Å². The number of amides is 1. The summed E-state index contributed by atoms with van der Waals surface area (Å²) in [7, 11) is 0. The number of rotatable bonds is 3. The molecule has 5 heteroatoms. The maximum Gasteiger partial charge on any atom is 0.227 e. The molecular weight excluding hydrogens is 279 g/mol. The van der Waals surface area contributed by atoms with Gasteiger partial charge in [0.25, 0.3) is 0 Å². The van der Waals surface area contributed by atoms with Crippen molar-refractivity contribution in [2.45, 2.75) is 12.8 Å². The van der Waals surface area contributed by atoms with Crippen molar-refractivity contribution >= 4 is 23.2 Å². The summed E-state index contributed by atoms with van der Waals surface area (Å²) in [4.78, 5) is 16.0. The molecule has 1 amide bonds. The Morgan fingerprint density at radius 2 is 2.10 bits per heavy atom. The van der Waals surface area contributed by atoms with Crippen LogP contribution in [0, 0.1) is 11.7 Å². The van der Waals surface area contributed by atoms with E-state index in [1.165, 1.54) is 6.07 Å². The average Bonchev–Trinajstić information content (AvgIpc) is 3.27. The highest BCUT2D eigenvalue weighted by Gasteiger charge is 2.30. The first-order chi connectivity index (χ1) is 9.66. The molecule has 1 saturated carbocycles. The van der Waals surface area contributed by atoms with E-state index < -0.39 is 5.82 Å². The summed E-state index contributed by atoms with van der Waals surface area (Å²) >= 11 is 5.79. The molecule has 0 aliphatic heterocycles. The summed E-state index contributed by atoms with van der Waals surface area (Å²) in [5.74, 6) is -0.497. The number of hydrogen-bond donors (Lipinski definition) is 1. The first-order valence-corrected chi connectivity index (χ1v) is 6.75. The summed E-state index contributed by atoms with van der Waals surface area (Å²) in [6.07, 6.45) is 3.38. The minimum atomic E-state index is -0.533. The number of halogens is 2. The van der Waals surface area contributed by atoms with Crippen LogP contribution in [-0.2, 0) is 4.79 Å². The molecule has 1 aliphatic rings. The summed E-state index contributed by atoms with van der Waals surface area (Å²) in [6, 6.07) is 8.14. The number of hydrogen-bond acceptors (Lipinski definition) is 2. The van der Waals surface area contributed by atoms with Gasteiger partial charge < -0.3 is 5.32 Å². The van der Waals surface area contributed by atoms with Gasteiger partial charge in [-0.1, -0.05) is 17.7 Å². The SMILES string of the molecule is O=C(Nc1cccnc1-c1cccc(Cl)c1F)C1CC1. The van der Waals surface area contributed by atoms with Gasteiger partial charge >= 0.3 is 0 Å². The highest BCUT2D eigenvalue weighted by molar-refractivity contribution is 6.31. The fourth-order valence-corrected chi connectivity index (χ4v) is 2.16. The molecule has 0 saturated heterocycles. The second kappa shape index (κ2) is 5.21. The van der Waals surface area contributed by atoms with Crippen LogP contribution in [0.1, 0.15) is 12.8 Å². The van der Waals surface area contributed by atoms with Gasteiger partial charge in [0.05, 0.1) is 16.4 Å². The quantitative estimate of drug-likeness (QED) is 0.932. The number of carbonyl (C=O) groups is 1. The normalized spacial score (nSPS) is 14.1. The Bertz CT molecular complexity index is 671. The molecule has 0 spiro atoms. The lowest BCUT2D eigenvalue weighted by molar-refractivity contribution is -0.117. The third-order valence-electron chi connectivity index (χ3n) is 3.22. The van der Waals surface area contributed by atoms with Crippen molar-refractivity contribution in [3.05, 3.63) is 47.4 Å². The third-order valence-corrected chi connectivity index (χ3v) is 3.51. The second-order valence-electron chi connectivity index (χ2n) is 4.76. The molecule has 20 heavy (non-hydrogen) atoms. The molecule has 1 aromatic carbocycles. The molecule has 3 nitrogen and oxygen atoms in total. The molecule has 2 aromatic rings. The number of benzene rings is 1. The van der Waals surface area contributed by atoms with E-state index >= 15 is 0 Å². The average molecular weight is 291 g/mol. The first-order valence-electron chi connectivity index (χ1n) is 6.37. The van der Waals surface area contributed by atoms with E-state index in [4.69, 9.17) is 11.6 Å². The van der Waals surface area contributed by atoms with Crippen molar-refractivity contribution in [1.82, 2.24) is 4.98 Å². The van der Waals surface area contributed by atoms with E-state index in [-0.39, 0.29) is 22.4 Å². The zero-order valence-corrected chi connectivity index (χ0v) is 11.3. The molecule has 0 unspecified atom stereocenters. The second-order valence-corrected chi connectivity index (χ2v) is 5.17. The van der Waals surface area contributed by atoms with Gasteiger partial charge in [0.15, 0.2) is 5.82 Å². The standard InChI is InChI=1S/C15H12ClFN2O/c16-11-4-1-3-10(13(11)17)14-12(5-2-8-18-14)19-15(20)9-6-7-9/h1-5,8-9H,6-7H2,(H,19,20). The van der Waals surface area contributed by atoms with E-state index in [0.29, 0.717) is 11.4 Å². The van der Waals surface area contributed by atoms with Crippen LogP contribution in [0.15, 0.2) is 36.5 Å². The van der Waals surface area contributed by atoms with Crippen molar-refractivity contribution in [2.24, 2.45) is 5.92 Å². The molecule has 1 heterocycles. The maximum absolute atomic E-state index is 14.1. The van der Waals surface area contributed by atoms with Gasteiger partial charge in [0.2, 0.25) is 5.91 Å². The summed E-state index contributed by atoms with van der Waals surface area (Å²) in [6.45, 7) is 0. The molecule has 1 N–H and O–H groups in total.